The zero-order valence-electron chi connectivity index (χ0n) is 12.0. The van der Waals surface area contributed by atoms with Crippen molar-refractivity contribution in [3.8, 4) is 0 Å². The minimum Gasteiger partial charge on any atom is -0.381 e. The number of rotatable bonds is 3. The van der Waals surface area contributed by atoms with Gasteiger partial charge in [-0.05, 0) is 45.7 Å². The predicted octanol–water partition coefficient (Wildman–Crippen LogP) is 0.569. The molecule has 2 fully saturated rings. The van der Waals surface area contributed by atoms with E-state index in [2.05, 4.69) is 27.4 Å². The number of hydrogen-bond acceptors (Lipinski definition) is 5. The molecule has 3 rings (SSSR count). The van der Waals surface area contributed by atoms with Gasteiger partial charge in [-0.3, -0.25) is 9.89 Å². The van der Waals surface area contributed by atoms with Crippen molar-refractivity contribution in [2.45, 2.75) is 44.2 Å². The zero-order chi connectivity index (χ0) is 13.1. The van der Waals surface area contributed by atoms with Gasteiger partial charge in [0.15, 0.2) is 5.96 Å². The molecule has 1 atom stereocenters. The van der Waals surface area contributed by atoms with Crippen molar-refractivity contribution in [1.29, 1.82) is 0 Å². The highest BCUT2D eigenvalue weighted by molar-refractivity contribution is 5.81. The first-order valence-corrected chi connectivity index (χ1v) is 7.66. The largest absolute Gasteiger partial charge is 0.381 e. The van der Waals surface area contributed by atoms with Gasteiger partial charge >= 0.3 is 0 Å². The third-order valence-electron chi connectivity index (χ3n) is 4.69. The standard InChI is InChI=1S/C14H26N4O/c1-12-10-15-13(17-12)16-11-14(4-8-19-9-5-14)18-6-2-3-7-18/h12H,2-11H2,1H3,(H2,15,16,17). The Morgan fingerprint density at radius 2 is 2.11 bits per heavy atom. The molecule has 0 saturated carbocycles. The van der Waals surface area contributed by atoms with Crippen LogP contribution in [0.15, 0.2) is 4.99 Å². The van der Waals surface area contributed by atoms with Crippen LogP contribution >= 0.6 is 0 Å². The molecule has 0 aromatic rings. The maximum atomic E-state index is 5.57. The van der Waals surface area contributed by atoms with E-state index < -0.39 is 0 Å². The van der Waals surface area contributed by atoms with Gasteiger partial charge in [-0.1, -0.05) is 0 Å². The van der Waals surface area contributed by atoms with E-state index in [1.54, 1.807) is 0 Å². The number of hydrogen-bond donors (Lipinski definition) is 2. The monoisotopic (exact) mass is 266 g/mol. The van der Waals surface area contributed by atoms with Gasteiger partial charge in [0.1, 0.15) is 0 Å². The number of nitrogens with one attached hydrogen (secondary N) is 2. The highest BCUT2D eigenvalue weighted by Gasteiger charge is 2.39. The van der Waals surface area contributed by atoms with Crippen molar-refractivity contribution in [2.24, 2.45) is 4.99 Å². The first kappa shape index (κ1) is 13.2. The SMILES string of the molecule is CC1CN=C(NCC2(N3CCCC3)CCOCC2)N1. The lowest BCUT2D eigenvalue weighted by Crippen LogP contribution is -2.58. The van der Waals surface area contributed by atoms with Gasteiger partial charge < -0.3 is 15.4 Å². The molecule has 3 aliphatic heterocycles. The minimum atomic E-state index is 0.283. The Morgan fingerprint density at radius 3 is 2.74 bits per heavy atom. The lowest BCUT2D eigenvalue weighted by Gasteiger charge is -2.44. The second-order valence-corrected chi connectivity index (χ2v) is 6.12. The van der Waals surface area contributed by atoms with Crippen molar-refractivity contribution >= 4 is 5.96 Å². The van der Waals surface area contributed by atoms with Crippen molar-refractivity contribution < 1.29 is 4.74 Å². The van der Waals surface area contributed by atoms with E-state index in [-0.39, 0.29) is 5.54 Å². The van der Waals surface area contributed by atoms with Crippen LogP contribution in [0.1, 0.15) is 32.6 Å². The molecule has 2 saturated heterocycles. The number of ether oxygens (including phenoxy) is 1. The summed E-state index contributed by atoms with van der Waals surface area (Å²) in [6.07, 6.45) is 4.98. The molecule has 0 aliphatic carbocycles. The van der Waals surface area contributed by atoms with Crippen LogP contribution in [0.2, 0.25) is 0 Å². The van der Waals surface area contributed by atoms with Crippen molar-refractivity contribution in [3.63, 3.8) is 0 Å². The molecule has 0 amide bonds. The van der Waals surface area contributed by atoms with E-state index >= 15 is 0 Å². The highest BCUT2D eigenvalue weighted by atomic mass is 16.5. The second-order valence-electron chi connectivity index (χ2n) is 6.12. The summed E-state index contributed by atoms with van der Waals surface area (Å²) in [5.74, 6) is 0.984. The van der Waals surface area contributed by atoms with Crippen molar-refractivity contribution in [2.75, 3.05) is 39.4 Å². The Hall–Kier alpha value is -0.810. The molecule has 0 radical (unpaired) electrons. The molecule has 0 aromatic heterocycles. The molecule has 0 bridgehead atoms. The van der Waals surface area contributed by atoms with E-state index in [1.165, 1.54) is 25.9 Å². The Bertz CT molecular complexity index is 332. The summed E-state index contributed by atoms with van der Waals surface area (Å²) in [4.78, 5) is 7.19. The normalized spacial score (nSPS) is 31.0. The molecule has 0 aromatic carbocycles. The molecule has 5 heteroatoms. The van der Waals surface area contributed by atoms with Gasteiger partial charge in [0.25, 0.3) is 0 Å². The molecule has 1 unspecified atom stereocenters. The summed E-state index contributed by atoms with van der Waals surface area (Å²) in [5, 5.41) is 6.93. The Morgan fingerprint density at radius 1 is 1.37 bits per heavy atom. The second kappa shape index (κ2) is 5.67. The fourth-order valence-corrected chi connectivity index (χ4v) is 3.46. The van der Waals surface area contributed by atoms with Gasteiger partial charge in [0, 0.05) is 31.3 Å². The average molecular weight is 266 g/mol. The third-order valence-corrected chi connectivity index (χ3v) is 4.69. The highest BCUT2D eigenvalue weighted by Crippen LogP contribution is 2.30. The van der Waals surface area contributed by atoms with Gasteiger partial charge in [0.2, 0.25) is 0 Å². The van der Waals surface area contributed by atoms with Crippen LogP contribution in [-0.4, -0.2) is 61.8 Å². The first-order valence-electron chi connectivity index (χ1n) is 7.66. The Kier molecular flexibility index (Phi) is 3.93. The Balaban J connectivity index is 1.62. The maximum absolute atomic E-state index is 5.57. The van der Waals surface area contributed by atoms with Crippen LogP contribution in [0.25, 0.3) is 0 Å². The summed E-state index contributed by atoms with van der Waals surface area (Å²) in [6.45, 7) is 8.35. The number of likely N-dealkylation sites (tertiary alicyclic amines) is 1. The average Bonchev–Trinajstić information content (AvgIpc) is 3.09. The van der Waals surface area contributed by atoms with Gasteiger partial charge in [-0.15, -0.1) is 0 Å². The van der Waals surface area contributed by atoms with Crippen LogP contribution in [0, 0.1) is 0 Å². The van der Waals surface area contributed by atoms with Gasteiger partial charge in [0.05, 0.1) is 6.54 Å². The van der Waals surface area contributed by atoms with Crippen molar-refractivity contribution in [3.05, 3.63) is 0 Å². The molecule has 108 valence electrons. The summed E-state index contributed by atoms with van der Waals surface area (Å²) in [7, 11) is 0. The van der Waals surface area contributed by atoms with E-state index in [4.69, 9.17) is 4.74 Å². The molecular formula is C14H26N4O. The van der Waals surface area contributed by atoms with Crippen LogP contribution < -0.4 is 10.6 Å². The topological polar surface area (TPSA) is 48.9 Å². The van der Waals surface area contributed by atoms with Crippen LogP contribution in [0.4, 0.5) is 0 Å². The minimum absolute atomic E-state index is 0.283. The lowest BCUT2D eigenvalue weighted by molar-refractivity contribution is -0.0163. The van der Waals surface area contributed by atoms with Gasteiger partial charge in [-0.25, -0.2) is 0 Å². The van der Waals surface area contributed by atoms with E-state index in [0.717, 1.165) is 45.1 Å². The van der Waals surface area contributed by atoms with Crippen LogP contribution in [-0.2, 0) is 4.74 Å². The molecule has 3 heterocycles. The van der Waals surface area contributed by atoms with Crippen molar-refractivity contribution in [1.82, 2.24) is 15.5 Å². The summed E-state index contributed by atoms with van der Waals surface area (Å²) < 4.78 is 5.57. The lowest BCUT2D eigenvalue weighted by atomic mass is 9.88. The number of nitrogens with zero attached hydrogens (tertiary/aromatic N) is 2. The summed E-state index contributed by atoms with van der Waals surface area (Å²) in [6, 6.07) is 0.472. The first-order chi connectivity index (χ1) is 9.28. The summed E-state index contributed by atoms with van der Waals surface area (Å²) >= 11 is 0. The molecule has 0 spiro atoms. The smallest absolute Gasteiger partial charge is 0.191 e. The fourth-order valence-electron chi connectivity index (χ4n) is 3.46. The van der Waals surface area contributed by atoms with E-state index in [0.29, 0.717) is 6.04 Å². The third kappa shape index (κ3) is 2.87. The Labute approximate surface area is 115 Å². The fraction of sp³-hybridized carbons (Fsp3) is 0.929. The molecule has 5 nitrogen and oxygen atoms in total. The molecular weight excluding hydrogens is 240 g/mol. The molecule has 3 aliphatic rings. The zero-order valence-corrected chi connectivity index (χ0v) is 12.0. The van der Waals surface area contributed by atoms with Crippen LogP contribution in [0.3, 0.4) is 0 Å². The maximum Gasteiger partial charge on any atom is 0.191 e. The van der Waals surface area contributed by atoms with E-state index in [9.17, 15) is 0 Å². The summed E-state index contributed by atoms with van der Waals surface area (Å²) in [5.41, 5.74) is 0.283. The molecule has 19 heavy (non-hydrogen) atoms. The quantitative estimate of drug-likeness (QED) is 0.784. The molecule has 2 N–H and O–H groups in total. The number of aliphatic imine (C=N–C) groups is 1. The van der Waals surface area contributed by atoms with E-state index in [1.807, 2.05) is 0 Å². The predicted molar refractivity (Wildman–Crippen MR) is 76.5 cm³/mol. The van der Waals surface area contributed by atoms with Crippen LogP contribution in [0.5, 0.6) is 0 Å². The van der Waals surface area contributed by atoms with Gasteiger partial charge in [-0.2, -0.15) is 0 Å². The number of guanidine groups is 1.